The van der Waals surface area contributed by atoms with Crippen LogP contribution >= 0.6 is 0 Å². The minimum atomic E-state index is -0.266. The van der Waals surface area contributed by atoms with Crippen LogP contribution in [0.15, 0.2) is 59.5 Å². The molecule has 0 aliphatic heterocycles. The molecule has 0 fully saturated rings. The van der Waals surface area contributed by atoms with Gasteiger partial charge >= 0.3 is 0 Å². The Labute approximate surface area is 145 Å². The summed E-state index contributed by atoms with van der Waals surface area (Å²) in [6, 6.07) is 15.6. The average Bonchev–Trinajstić information content (AvgIpc) is 2.64. The number of benzene rings is 2. The van der Waals surface area contributed by atoms with Crippen LogP contribution in [-0.4, -0.2) is 15.5 Å². The molecule has 0 radical (unpaired) electrons. The molecule has 1 heterocycles. The van der Waals surface area contributed by atoms with Gasteiger partial charge in [0.15, 0.2) is 0 Å². The van der Waals surface area contributed by atoms with Crippen LogP contribution in [0.2, 0.25) is 0 Å². The van der Waals surface area contributed by atoms with E-state index in [2.05, 4.69) is 22.4 Å². The number of nitrogens with one attached hydrogen (secondary N) is 1. The lowest BCUT2D eigenvalue weighted by atomic mass is 9.88. The summed E-state index contributed by atoms with van der Waals surface area (Å²) in [6.07, 6.45) is 4.30. The van der Waals surface area contributed by atoms with Gasteiger partial charge < -0.3 is 5.32 Å². The van der Waals surface area contributed by atoms with Crippen LogP contribution in [0.3, 0.4) is 0 Å². The van der Waals surface area contributed by atoms with Gasteiger partial charge in [0.2, 0.25) is 5.91 Å². The van der Waals surface area contributed by atoms with E-state index < -0.39 is 0 Å². The fourth-order valence-corrected chi connectivity index (χ4v) is 3.57. The highest BCUT2D eigenvalue weighted by molar-refractivity contribution is 5.80. The summed E-state index contributed by atoms with van der Waals surface area (Å²) in [5, 5.41) is 3.10. The molecule has 3 aromatic rings. The van der Waals surface area contributed by atoms with Crippen molar-refractivity contribution in [3.63, 3.8) is 0 Å². The topological polar surface area (TPSA) is 64.0 Å². The van der Waals surface area contributed by atoms with Gasteiger partial charge in [-0.1, -0.05) is 36.4 Å². The van der Waals surface area contributed by atoms with Gasteiger partial charge in [-0.25, -0.2) is 4.98 Å². The van der Waals surface area contributed by atoms with Crippen molar-refractivity contribution in [1.29, 1.82) is 0 Å². The molecule has 0 spiro atoms. The molecule has 5 heteroatoms. The number of amides is 1. The zero-order chi connectivity index (χ0) is 17.2. The van der Waals surface area contributed by atoms with Gasteiger partial charge in [-0.2, -0.15) is 0 Å². The number of hydrogen-bond donors (Lipinski definition) is 1. The smallest absolute Gasteiger partial charge is 0.269 e. The highest BCUT2D eigenvalue weighted by atomic mass is 16.2. The van der Waals surface area contributed by atoms with E-state index in [1.165, 1.54) is 21.9 Å². The Morgan fingerprint density at radius 3 is 2.88 bits per heavy atom. The zero-order valence-electron chi connectivity index (χ0n) is 13.8. The predicted octanol–water partition coefficient (Wildman–Crippen LogP) is 2.59. The van der Waals surface area contributed by atoms with E-state index in [1.54, 1.807) is 0 Å². The molecule has 5 nitrogen and oxygen atoms in total. The number of carbonyl (C=O) groups excluding carboxylic acids is 1. The summed E-state index contributed by atoms with van der Waals surface area (Å²) >= 11 is 0. The first-order valence-corrected chi connectivity index (χ1v) is 8.54. The molecule has 1 aromatic heterocycles. The minimum Gasteiger partial charge on any atom is -0.348 e. The summed E-state index contributed by atoms with van der Waals surface area (Å²) in [6.45, 7) is 0.000529. The lowest BCUT2D eigenvalue weighted by Crippen LogP contribution is -2.36. The standard InChI is InChI=1S/C20H19N3O2/c24-19(22-16-10-5-7-14-6-1-2-8-15(14)16)13-23-18-11-4-3-9-17(18)21-12-20(23)25/h1-4,6,8-9,11-12,16H,5,7,10,13H2,(H,22,24)/t16-/m0/s1. The molecule has 1 aliphatic rings. The number of hydrogen-bond acceptors (Lipinski definition) is 3. The quantitative estimate of drug-likeness (QED) is 0.801. The van der Waals surface area contributed by atoms with Gasteiger partial charge in [0.1, 0.15) is 6.54 Å². The molecule has 1 atom stereocenters. The van der Waals surface area contributed by atoms with Gasteiger partial charge in [-0.05, 0) is 42.5 Å². The van der Waals surface area contributed by atoms with Crippen molar-refractivity contribution in [3.8, 4) is 0 Å². The number of nitrogens with zero attached hydrogens (tertiary/aromatic N) is 2. The molecule has 1 N–H and O–H groups in total. The molecule has 4 rings (SSSR count). The molecule has 2 aromatic carbocycles. The lowest BCUT2D eigenvalue weighted by Gasteiger charge is -2.26. The predicted molar refractivity (Wildman–Crippen MR) is 96.3 cm³/mol. The summed E-state index contributed by atoms with van der Waals surface area (Å²) in [7, 11) is 0. The molecule has 0 bridgehead atoms. The van der Waals surface area contributed by atoms with Crippen LogP contribution in [0, 0.1) is 0 Å². The number of para-hydroxylation sites is 2. The first-order chi connectivity index (χ1) is 12.2. The molecule has 0 saturated heterocycles. The Morgan fingerprint density at radius 1 is 1.16 bits per heavy atom. The number of aromatic nitrogens is 2. The van der Waals surface area contributed by atoms with E-state index >= 15 is 0 Å². The first kappa shape index (κ1) is 15.6. The van der Waals surface area contributed by atoms with Crippen molar-refractivity contribution >= 4 is 16.9 Å². The van der Waals surface area contributed by atoms with Crippen molar-refractivity contribution in [3.05, 3.63) is 76.2 Å². The number of carbonyl (C=O) groups is 1. The zero-order valence-corrected chi connectivity index (χ0v) is 13.8. The van der Waals surface area contributed by atoms with Crippen molar-refractivity contribution in [2.45, 2.75) is 31.8 Å². The third kappa shape index (κ3) is 3.05. The summed E-state index contributed by atoms with van der Waals surface area (Å²) < 4.78 is 1.48. The van der Waals surface area contributed by atoms with Crippen molar-refractivity contribution in [1.82, 2.24) is 14.9 Å². The highest BCUT2D eigenvalue weighted by Gasteiger charge is 2.21. The van der Waals surface area contributed by atoms with Crippen LogP contribution in [0.5, 0.6) is 0 Å². The number of fused-ring (bicyclic) bond motifs is 2. The molecule has 126 valence electrons. The fourth-order valence-electron chi connectivity index (χ4n) is 3.57. The maximum absolute atomic E-state index is 12.6. The normalized spacial score (nSPS) is 16.4. The van der Waals surface area contributed by atoms with Gasteiger partial charge in [0, 0.05) is 0 Å². The summed E-state index contributed by atoms with van der Waals surface area (Å²) in [5.74, 6) is -0.153. The van der Waals surface area contributed by atoms with Crippen LogP contribution < -0.4 is 10.9 Å². The Bertz CT molecular complexity index is 993. The fraction of sp³-hybridized carbons (Fsp3) is 0.250. The Morgan fingerprint density at radius 2 is 1.96 bits per heavy atom. The van der Waals surface area contributed by atoms with Gasteiger partial charge in [0.25, 0.3) is 5.56 Å². The molecule has 0 unspecified atom stereocenters. The average molecular weight is 333 g/mol. The largest absolute Gasteiger partial charge is 0.348 e. The monoisotopic (exact) mass is 333 g/mol. The maximum Gasteiger partial charge on any atom is 0.269 e. The van der Waals surface area contributed by atoms with Crippen molar-refractivity contribution in [2.24, 2.45) is 0 Å². The third-order valence-electron chi connectivity index (χ3n) is 4.76. The van der Waals surface area contributed by atoms with Crippen LogP contribution in [-0.2, 0) is 17.8 Å². The van der Waals surface area contributed by atoms with Crippen LogP contribution in [0.25, 0.3) is 11.0 Å². The van der Waals surface area contributed by atoms with Crippen molar-refractivity contribution < 1.29 is 4.79 Å². The van der Waals surface area contributed by atoms with Crippen LogP contribution in [0.4, 0.5) is 0 Å². The Balaban J connectivity index is 1.58. The lowest BCUT2D eigenvalue weighted by molar-refractivity contribution is -0.122. The van der Waals surface area contributed by atoms with E-state index in [0.29, 0.717) is 11.0 Å². The van der Waals surface area contributed by atoms with E-state index in [1.807, 2.05) is 36.4 Å². The van der Waals surface area contributed by atoms with E-state index in [4.69, 9.17) is 0 Å². The van der Waals surface area contributed by atoms with Gasteiger partial charge in [-0.15, -0.1) is 0 Å². The van der Waals surface area contributed by atoms with Crippen LogP contribution in [0.1, 0.15) is 30.0 Å². The molecule has 1 aliphatic carbocycles. The van der Waals surface area contributed by atoms with E-state index in [0.717, 1.165) is 19.3 Å². The van der Waals surface area contributed by atoms with Crippen molar-refractivity contribution in [2.75, 3.05) is 0 Å². The van der Waals surface area contributed by atoms with Gasteiger partial charge in [-0.3, -0.25) is 14.2 Å². The summed E-state index contributed by atoms with van der Waals surface area (Å²) in [5.41, 5.74) is 3.60. The molecule has 0 saturated carbocycles. The SMILES string of the molecule is O=C(Cn1c(=O)cnc2ccccc21)N[C@H]1CCCc2ccccc21. The number of rotatable bonds is 3. The maximum atomic E-state index is 12.6. The molecule has 1 amide bonds. The molecule has 25 heavy (non-hydrogen) atoms. The second-order valence-electron chi connectivity index (χ2n) is 6.38. The highest BCUT2D eigenvalue weighted by Crippen LogP contribution is 2.29. The number of aryl methyl sites for hydroxylation is 1. The second kappa shape index (κ2) is 6.51. The van der Waals surface area contributed by atoms with E-state index in [9.17, 15) is 9.59 Å². The Hall–Kier alpha value is -2.95. The summed E-state index contributed by atoms with van der Waals surface area (Å²) in [4.78, 5) is 28.9. The first-order valence-electron chi connectivity index (χ1n) is 8.54. The van der Waals surface area contributed by atoms with Gasteiger partial charge in [0.05, 0.1) is 23.3 Å². The van der Waals surface area contributed by atoms with E-state index in [-0.39, 0.29) is 24.1 Å². The minimum absolute atomic E-state index is 0.000529. The third-order valence-corrected chi connectivity index (χ3v) is 4.76. The second-order valence-corrected chi connectivity index (χ2v) is 6.38. The Kier molecular flexibility index (Phi) is 4.06. The molecular formula is C20H19N3O2. The molecular weight excluding hydrogens is 314 g/mol.